The third kappa shape index (κ3) is 5.49. The first-order valence-corrected chi connectivity index (χ1v) is 8.22. The Bertz CT molecular complexity index is 557. The predicted molar refractivity (Wildman–Crippen MR) is 97.0 cm³/mol. The first-order chi connectivity index (χ1) is 11.0. The summed E-state index contributed by atoms with van der Waals surface area (Å²) in [4.78, 5) is 25.8. The van der Waals surface area contributed by atoms with Crippen LogP contribution in [-0.4, -0.2) is 49.4 Å². The molecule has 1 aliphatic heterocycles. The highest BCUT2D eigenvalue weighted by atomic mass is 35.5. The Kier molecular flexibility index (Phi) is 8.22. The Labute approximate surface area is 150 Å². The van der Waals surface area contributed by atoms with Crippen LogP contribution in [0, 0.1) is 5.92 Å². The second kappa shape index (κ2) is 9.64. The van der Waals surface area contributed by atoms with Crippen molar-refractivity contribution in [3.05, 3.63) is 29.8 Å². The van der Waals surface area contributed by atoms with Gasteiger partial charge >= 0.3 is 0 Å². The van der Waals surface area contributed by atoms with Crippen molar-refractivity contribution in [2.75, 3.05) is 26.7 Å². The Hall–Kier alpha value is -1.59. The number of ketones is 1. The lowest BCUT2D eigenvalue weighted by Crippen LogP contribution is -2.45. The van der Waals surface area contributed by atoms with Crippen molar-refractivity contribution in [3.8, 4) is 5.75 Å². The van der Waals surface area contributed by atoms with Crippen LogP contribution in [0.2, 0.25) is 0 Å². The fourth-order valence-electron chi connectivity index (χ4n) is 2.95. The van der Waals surface area contributed by atoms with Crippen molar-refractivity contribution in [1.29, 1.82) is 0 Å². The second-order valence-corrected chi connectivity index (χ2v) is 6.17. The zero-order valence-corrected chi connectivity index (χ0v) is 15.4. The number of amides is 1. The molecule has 134 valence electrons. The molecule has 1 aromatic rings. The maximum absolute atomic E-state index is 12.5. The summed E-state index contributed by atoms with van der Waals surface area (Å²) in [7, 11) is 1.96. The van der Waals surface area contributed by atoms with Gasteiger partial charge in [0.05, 0.1) is 0 Å². The maximum Gasteiger partial charge on any atom is 0.263 e. The number of nitrogens with one attached hydrogen (secondary N) is 1. The van der Waals surface area contributed by atoms with E-state index in [4.69, 9.17) is 4.74 Å². The molecule has 1 saturated heterocycles. The molecule has 1 atom stereocenters. The molecule has 1 N–H and O–H groups in total. The number of hydrogen-bond donors (Lipinski definition) is 1. The van der Waals surface area contributed by atoms with Crippen molar-refractivity contribution in [3.63, 3.8) is 0 Å². The normalized spacial score (nSPS) is 16.2. The van der Waals surface area contributed by atoms with Gasteiger partial charge in [0.1, 0.15) is 5.75 Å². The van der Waals surface area contributed by atoms with Crippen LogP contribution < -0.4 is 10.1 Å². The Morgan fingerprint density at radius 2 is 2.00 bits per heavy atom. The smallest absolute Gasteiger partial charge is 0.263 e. The molecule has 0 aliphatic carbocycles. The van der Waals surface area contributed by atoms with Gasteiger partial charge in [-0.15, -0.1) is 12.4 Å². The summed E-state index contributed by atoms with van der Waals surface area (Å²) in [6.45, 7) is 5.86. The van der Waals surface area contributed by atoms with Gasteiger partial charge in [0.15, 0.2) is 11.9 Å². The van der Waals surface area contributed by atoms with Gasteiger partial charge in [-0.1, -0.05) is 12.1 Å². The van der Waals surface area contributed by atoms with Crippen molar-refractivity contribution >= 4 is 24.1 Å². The lowest BCUT2D eigenvalue weighted by atomic mass is 9.96. The van der Waals surface area contributed by atoms with Crippen LogP contribution in [0.4, 0.5) is 0 Å². The summed E-state index contributed by atoms with van der Waals surface area (Å²) in [5.41, 5.74) is 0.593. The third-order valence-corrected chi connectivity index (χ3v) is 4.32. The molecular formula is C18H27ClN2O3. The summed E-state index contributed by atoms with van der Waals surface area (Å²) >= 11 is 0. The SMILES string of the molecule is CNCC1CCN(C(=O)C(C)Oc2cccc(C(C)=O)c2)CC1.Cl. The molecule has 1 amide bonds. The van der Waals surface area contributed by atoms with Crippen LogP contribution >= 0.6 is 12.4 Å². The van der Waals surface area contributed by atoms with E-state index in [1.54, 1.807) is 31.2 Å². The number of carbonyl (C=O) groups is 2. The number of rotatable bonds is 6. The van der Waals surface area contributed by atoms with Crippen LogP contribution in [0.15, 0.2) is 24.3 Å². The maximum atomic E-state index is 12.5. The molecule has 0 bridgehead atoms. The van der Waals surface area contributed by atoms with Crippen molar-refractivity contribution in [2.45, 2.75) is 32.8 Å². The topological polar surface area (TPSA) is 58.6 Å². The molecule has 0 spiro atoms. The number of carbonyl (C=O) groups excluding carboxylic acids is 2. The van der Waals surface area contributed by atoms with Gasteiger partial charge in [-0.25, -0.2) is 0 Å². The lowest BCUT2D eigenvalue weighted by Gasteiger charge is -2.33. The molecule has 0 radical (unpaired) electrons. The molecule has 24 heavy (non-hydrogen) atoms. The molecule has 5 nitrogen and oxygen atoms in total. The van der Waals surface area contributed by atoms with Gasteiger partial charge in [-0.2, -0.15) is 0 Å². The fraction of sp³-hybridized carbons (Fsp3) is 0.556. The highest BCUT2D eigenvalue weighted by Gasteiger charge is 2.26. The molecule has 6 heteroatoms. The van der Waals surface area contributed by atoms with Crippen LogP contribution in [0.3, 0.4) is 0 Å². The zero-order chi connectivity index (χ0) is 16.8. The van der Waals surface area contributed by atoms with E-state index in [0.717, 1.165) is 32.5 Å². The average Bonchev–Trinajstić information content (AvgIpc) is 2.55. The van der Waals surface area contributed by atoms with E-state index in [0.29, 0.717) is 17.2 Å². The largest absolute Gasteiger partial charge is 0.481 e. The highest BCUT2D eigenvalue weighted by molar-refractivity contribution is 5.94. The minimum atomic E-state index is -0.543. The molecule has 1 fully saturated rings. The van der Waals surface area contributed by atoms with E-state index < -0.39 is 6.10 Å². The molecule has 0 saturated carbocycles. The molecule has 1 aromatic carbocycles. The summed E-state index contributed by atoms with van der Waals surface area (Å²) in [6.07, 6.45) is 1.51. The third-order valence-electron chi connectivity index (χ3n) is 4.32. The molecule has 2 rings (SSSR count). The average molecular weight is 355 g/mol. The number of nitrogens with zero attached hydrogens (tertiary/aromatic N) is 1. The minimum absolute atomic E-state index is 0. The number of benzene rings is 1. The number of Topliss-reactive ketones (excluding diaryl/α,β-unsaturated/α-hetero) is 1. The Balaban J connectivity index is 0.00000288. The highest BCUT2D eigenvalue weighted by Crippen LogP contribution is 2.19. The van der Waals surface area contributed by atoms with E-state index >= 15 is 0 Å². The van der Waals surface area contributed by atoms with Crippen LogP contribution in [0.5, 0.6) is 5.75 Å². The molecular weight excluding hydrogens is 328 g/mol. The summed E-state index contributed by atoms with van der Waals surface area (Å²) in [5.74, 6) is 1.21. The van der Waals surface area contributed by atoms with Crippen LogP contribution in [-0.2, 0) is 4.79 Å². The standard InChI is InChI=1S/C18H26N2O3.ClH/c1-13(21)16-5-4-6-17(11-16)23-14(2)18(22)20-9-7-15(8-10-20)12-19-3;/h4-6,11,14-15,19H,7-10,12H2,1-3H3;1H. The number of likely N-dealkylation sites (tertiary alicyclic amines) is 1. The summed E-state index contributed by atoms with van der Waals surface area (Å²) < 4.78 is 5.74. The fourth-order valence-corrected chi connectivity index (χ4v) is 2.95. The second-order valence-electron chi connectivity index (χ2n) is 6.17. The van der Waals surface area contributed by atoms with Crippen molar-refractivity contribution in [1.82, 2.24) is 10.2 Å². The van der Waals surface area contributed by atoms with Crippen molar-refractivity contribution in [2.24, 2.45) is 5.92 Å². The number of piperidine rings is 1. The van der Waals surface area contributed by atoms with E-state index in [9.17, 15) is 9.59 Å². The van der Waals surface area contributed by atoms with Gasteiger partial charge in [-0.05, 0) is 58.3 Å². The minimum Gasteiger partial charge on any atom is -0.481 e. The van der Waals surface area contributed by atoms with E-state index in [-0.39, 0.29) is 24.1 Å². The van der Waals surface area contributed by atoms with Crippen LogP contribution in [0.25, 0.3) is 0 Å². The van der Waals surface area contributed by atoms with E-state index in [1.807, 2.05) is 11.9 Å². The number of hydrogen-bond acceptors (Lipinski definition) is 4. The van der Waals surface area contributed by atoms with Gasteiger partial charge in [0.25, 0.3) is 5.91 Å². The molecule has 0 aromatic heterocycles. The van der Waals surface area contributed by atoms with Gasteiger partial charge in [0, 0.05) is 18.7 Å². The zero-order valence-electron chi connectivity index (χ0n) is 14.6. The molecule has 1 heterocycles. The number of ether oxygens (including phenoxy) is 1. The van der Waals surface area contributed by atoms with Crippen LogP contribution in [0.1, 0.15) is 37.0 Å². The first-order valence-electron chi connectivity index (χ1n) is 8.22. The van der Waals surface area contributed by atoms with E-state index in [1.165, 1.54) is 6.92 Å². The first kappa shape index (κ1) is 20.5. The van der Waals surface area contributed by atoms with Gasteiger partial charge < -0.3 is 15.0 Å². The van der Waals surface area contributed by atoms with Gasteiger partial charge in [-0.3, -0.25) is 9.59 Å². The summed E-state index contributed by atoms with van der Waals surface area (Å²) in [5, 5.41) is 3.20. The number of halogens is 1. The van der Waals surface area contributed by atoms with Crippen molar-refractivity contribution < 1.29 is 14.3 Å². The monoisotopic (exact) mass is 354 g/mol. The predicted octanol–water partition coefficient (Wildman–Crippen LogP) is 2.54. The van der Waals surface area contributed by atoms with Gasteiger partial charge in [0.2, 0.25) is 0 Å². The lowest BCUT2D eigenvalue weighted by molar-refractivity contribution is -0.139. The van der Waals surface area contributed by atoms with E-state index in [2.05, 4.69) is 5.32 Å². The molecule has 1 aliphatic rings. The Morgan fingerprint density at radius 1 is 1.33 bits per heavy atom. The Morgan fingerprint density at radius 3 is 2.58 bits per heavy atom. The molecule has 1 unspecified atom stereocenters. The quantitative estimate of drug-likeness (QED) is 0.797. The summed E-state index contributed by atoms with van der Waals surface area (Å²) in [6, 6.07) is 6.97.